The fourth-order valence-electron chi connectivity index (χ4n) is 3.55. The molecule has 0 aliphatic heterocycles. The van der Waals surface area contributed by atoms with E-state index in [2.05, 4.69) is 17.4 Å². The van der Waals surface area contributed by atoms with Crippen LogP contribution in [0.25, 0.3) is 0 Å². The van der Waals surface area contributed by atoms with E-state index < -0.39 is 0 Å². The summed E-state index contributed by atoms with van der Waals surface area (Å²) in [5, 5.41) is 7.97. The van der Waals surface area contributed by atoms with Gasteiger partial charge in [-0.25, -0.2) is 0 Å². The molecule has 3 aliphatic carbocycles. The number of rotatable bonds is 5. The minimum Gasteiger partial charge on any atom is -0.339 e. The van der Waals surface area contributed by atoms with Crippen LogP contribution in [0.2, 0.25) is 0 Å². The molecule has 0 aromatic carbocycles. The maximum atomic E-state index is 5.97. The van der Waals surface area contributed by atoms with Crippen molar-refractivity contribution in [3.63, 3.8) is 0 Å². The molecule has 0 radical (unpaired) electrons. The molecule has 0 spiro atoms. The van der Waals surface area contributed by atoms with Gasteiger partial charge in [0.05, 0.1) is 0 Å². The molecule has 5 nitrogen and oxygen atoms in total. The first-order valence-corrected chi connectivity index (χ1v) is 8.49. The van der Waals surface area contributed by atoms with E-state index in [-0.39, 0.29) is 5.41 Å². The number of nitrogens with one attached hydrogen (secondary N) is 1. The predicted octanol–water partition coefficient (Wildman–Crippen LogP) is 2.08. The highest BCUT2D eigenvalue weighted by Gasteiger charge is 2.49. The van der Waals surface area contributed by atoms with Gasteiger partial charge >= 0.3 is 0 Å². The van der Waals surface area contributed by atoms with Crippen LogP contribution in [0.15, 0.2) is 4.52 Å². The van der Waals surface area contributed by atoms with E-state index in [1.807, 2.05) is 0 Å². The van der Waals surface area contributed by atoms with Crippen molar-refractivity contribution in [1.29, 1.82) is 0 Å². The zero-order chi connectivity index (χ0) is 14.4. The van der Waals surface area contributed by atoms with Crippen LogP contribution in [0.5, 0.6) is 0 Å². The van der Waals surface area contributed by atoms with Gasteiger partial charge in [-0.3, -0.25) is 0 Å². The lowest BCUT2D eigenvalue weighted by Gasteiger charge is -2.23. The summed E-state index contributed by atoms with van der Waals surface area (Å²) >= 11 is 0. The Labute approximate surface area is 126 Å². The third-order valence-electron chi connectivity index (χ3n) is 5.70. The molecule has 3 saturated carbocycles. The molecule has 1 aromatic rings. The van der Waals surface area contributed by atoms with Gasteiger partial charge in [-0.15, -0.1) is 0 Å². The Kier molecular flexibility index (Phi) is 3.30. The normalized spacial score (nSPS) is 37.4. The van der Waals surface area contributed by atoms with Crippen molar-refractivity contribution in [3.05, 3.63) is 11.7 Å². The van der Waals surface area contributed by atoms with Crippen molar-refractivity contribution in [2.45, 2.75) is 75.3 Å². The second-order valence-corrected chi connectivity index (χ2v) is 7.55. The third-order valence-corrected chi connectivity index (χ3v) is 5.70. The van der Waals surface area contributed by atoms with Crippen LogP contribution >= 0.6 is 0 Å². The maximum absolute atomic E-state index is 5.97. The van der Waals surface area contributed by atoms with E-state index in [9.17, 15) is 0 Å². The number of aromatic nitrogens is 2. The van der Waals surface area contributed by atoms with Gasteiger partial charge in [0, 0.05) is 30.0 Å². The van der Waals surface area contributed by atoms with Gasteiger partial charge in [-0.05, 0) is 50.9 Å². The van der Waals surface area contributed by atoms with Gasteiger partial charge < -0.3 is 15.6 Å². The molecular weight excluding hydrogens is 264 g/mol. The summed E-state index contributed by atoms with van der Waals surface area (Å²) in [6.45, 7) is 3.31. The molecule has 3 N–H and O–H groups in total. The van der Waals surface area contributed by atoms with Gasteiger partial charge in [0.15, 0.2) is 5.82 Å². The second kappa shape index (κ2) is 5.06. The molecule has 0 amide bonds. The summed E-state index contributed by atoms with van der Waals surface area (Å²) in [5.41, 5.74) is 6.13. The lowest BCUT2D eigenvalue weighted by atomic mass is 9.86. The fourth-order valence-corrected chi connectivity index (χ4v) is 3.55. The van der Waals surface area contributed by atoms with Crippen molar-refractivity contribution < 1.29 is 4.52 Å². The van der Waals surface area contributed by atoms with Gasteiger partial charge in [0.2, 0.25) is 5.89 Å². The molecule has 4 rings (SSSR count). The zero-order valence-corrected chi connectivity index (χ0v) is 12.8. The maximum Gasteiger partial charge on any atom is 0.229 e. The van der Waals surface area contributed by atoms with Crippen LogP contribution in [0.4, 0.5) is 0 Å². The summed E-state index contributed by atoms with van der Waals surface area (Å²) in [5.74, 6) is 3.06. The number of nitrogens with two attached hydrogens (primary N) is 1. The average Bonchev–Trinajstić information content (AvgIpc) is 3.36. The molecule has 0 bridgehead atoms. The topological polar surface area (TPSA) is 77.0 Å². The largest absolute Gasteiger partial charge is 0.339 e. The van der Waals surface area contributed by atoms with E-state index in [0.29, 0.717) is 18.0 Å². The Morgan fingerprint density at radius 3 is 2.62 bits per heavy atom. The molecule has 116 valence electrons. The number of nitrogens with zero attached hydrogens (tertiary/aromatic N) is 2. The Hall–Kier alpha value is -0.940. The quantitative estimate of drug-likeness (QED) is 0.868. The van der Waals surface area contributed by atoms with E-state index >= 15 is 0 Å². The highest BCUT2D eigenvalue weighted by molar-refractivity contribution is 5.19. The first-order valence-electron chi connectivity index (χ1n) is 8.49. The summed E-state index contributed by atoms with van der Waals surface area (Å²) in [6, 6.07) is 1.08. The lowest BCUT2D eigenvalue weighted by molar-refractivity contribution is 0.298. The zero-order valence-electron chi connectivity index (χ0n) is 12.8. The SMILES string of the molecule is C[C@@H]1C[C@H]1NCC1(c2noc(C3CCC(N)CC3)n2)CC1. The van der Waals surface area contributed by atoms with Gasteiger partial charge in [-0.2, -0.15) is 4.98 Å². The lowest BCUT2D eigenvalue weighted by Crippen LogP contribution is -2.30. The monoisotopic (exact) mass is 290 g/mol. The van der Waals surface area contributed by atoms with Crippen LogP contribution in [0.1, 0.15) is 69.5 Å². The van der Waals surface area contributed by atoms with Gasteiger partial charge in [0.1, 0.15) is 0 Å². The molecule has 2 atom stereocenters. The van der Waals surface area contributed by atoms with E-state index in [4.69, 9.17) is 15.2 Å². The van der Waals surface area contributed by atoms with Crippen molar-refractivity contribution in [2.24, 2.45) is 11.7 Å². The Morgan fingerprint density at radius 1 is 1.29 bits per heavy atom. The molecule has 21 heavy (non-hydrogen) atoms. The number of hydrogen-bond donors (Lipinski definition) is 2. The molecule has 0 unspecified atom stereocenters. The van der Waals surface area contributed by atoms with E-state index in [1.165, 1.54) is 19.3 Å². The van der Waals surface area contributed by atoms with Crippen molar-refractivity contribution in [1.82, 2.24) is 15.5 Å². The Balaban J connectivity index is 1.39. The van der Waals surface area contributed by atoms with E-state index in [0.717, 1.165) is 49.9 Å². The minimum absolute atomic E-state index is 0.162. The van der Waals surface area contributed by atoms with Crippen molar-refractivity contribution >= 4 is 0 Å². The number of hydrogen-bond acceptors (Lipinski definition) is 5. The highest BCUT2D eigenvalue weighted by Crippen LogP contribution is 2.47. The van der Waals surface area contributed by atoms with Gasteiger partial charge in [0.25, 0.3) is 0 Å². The first-order chi connectivity index (χ1) is 10.2. The average molecular weight is 290 g/mol. The van der Waals surface area contributed by atoms with Crippen LogP contribution in [0, 0.1) is 5.92 Å². The molecular formula is C16H26N4O. The summed E-state index contributed by atoms with van der Waals surface area (Å²) in [7, 11) is 0. The molecule has 3 aliphatic rings. The van der Waals surface area contributed by atoms with Gasteiger partial charge in [-0.1, -0.05) is 12.1 Å². The molecule has 1 heterocycles. The van der Waals surface area contributed by atoms with Crippen LogP contribution in [-0.4, -0.2) is 28.8 Å². The molecule has 1 aromatic heterocycles. The predicted molar refractivity (Wildman–Crippen MR) is 80.0 cm³/mol. The van der Waals surface area contributed by atoms with Crippen LogP contribution in [-0.2, 0) is 5.41 Å². The second-order valence-electron chi connectivity index (χ2n) is 7.55. The fraction of sp³-hybridized carbons (Fsp3) is 0.875. The smallest absolute Gasteiger partial charge is 0.229 e. The molecule has 0 saturated heterocycles. The summed E-state index contributed by atoms with van der Waals surface area (Å²) in [4.78, 5) is 4.75. The van der Waals surface area contributed by atoms with E-state index in [1.54, 1.807) is 0 Å². The first kappa shape index (κ1) is 13.7. The van der Waals surface area contributed by atoms with Crippen LogP contribution < -0.4 is 11.1 Å². The minimum atomic E-state index is 0.162. The molecule has 5 heteroatoms. The Morgan fingerprint density at radius 2 is 2.00 bits per heavy atom. The highest BCUT2D eigenvalue weighted by atomic mass is 16.5. The summed E-state index contributed by atoms with van der Waals surface area (Å²) in [6.07, 6.45) is 8.03. The standard InChI is InChI=1S/C16H26N4O/c1-10-8-13(10)18-9-16(6-7-16)15-19-14(21-20-15)11-2-4-12(17)5-3-11/h10-13,18H,2-9,17H2,1H3/t10-,11?,12?,13-/m1/s1. The van der Waals surface area contributed by atoms with Crippen molar-refractivity contribution in [3.8, 4) is 0 Å². The van der Waals surface area contributed by atoms with Crippen LogP contribution in [0.3, 0.4) is 0 Å². The van der Waals surface area contributed by atoms with Crippen molar-refractivity contribution in [2.75, 3.05) is 6.54 Å². The molecule has 3 fully saturated rings. The third kappa shape index (κ3) is 2.73. The summed E-state index contributed by atoms with van der Waals surface area (Å²) < 4.78 is 5.58. The Bertz CT molecular complexity index is 502.